The second-order valence-corrected chi connectivity index (χ2v) is 5.36. The first-order chi connectivity index (χ1) is 10.3. The molecule has 1 aliphatic rings. The number of nitrogens with zero attached hydrogens (tertiary/aromatic N) is 2. The van der Waals surface area contributed by atoms with E-state index in [4.69, 9.17) is 0 Å². The predicted octanol–water partition coefficient (Wildman–Crippen LogP) is 1.87. The van der Waals surface area contributed by atoms with E-state index >= 15 is 0 Å². The number of aromatic nitrogens is 1. The minimum atomic E-state index is -4.47. The van der Waals surface area contributed by atoms with Gasteiger partial charge < -0.3 is 14.7 Å². The average Bonchev–Trinajstić information content (AvgIpc) is 3.28. The number of aliphatic hydroxyl groups excluding tert-OH is 1. The van der Waals surface area contributed by atoms with E-state index in [-0.39, 0.29) is 24.0 Å². The Morgan fingerprint density at radius 3 is 2.77 bits per heavy atom. The van der Waals surface area contributed by atoms with Gasteiger partial charge in [-0.2, -0.15) is 13.2 Å². The molecule has 122 valence electrons. The Kier molecular flexibility index (Phi) is 4.90. The summed E-state index contributed by atoms with van der Waals surface area (Å²) in [7, 11) is 1.51. The Labute approximate surface area is 125 Å². The van der Waals surface area contributed by atoms with Crippen molar-refractivity contribution in [3.8, 4) is 5.88 Å². The maximum atomic E-state index is 12.2. The van der Waals surface area contributed by atoms with E-state index in [1.807, 2.05) is 0 Å². The van der Waals surface area contributed by atoms with E-state index in [0.29, 0.717) is 0 Å². The molecule has 1 N–H and O–H groups in total. The maximum Gasteiger partial charge on any atom is 0.422 e. The fourth-order valence-corrected chi connectivity index (χ4v) is 1.96. The molecule has 1 amide bonds. The van der Waals surface area contributed by atoms with Gasteiger partial charge in [-0.1, -0.05) is 6.07 Å². The molecule has 0 bridgehead atoms. The molecule has 1 aromatic heterocycles. The predicted molar refractivity (Wildman–Crippen MR) is 71.5 cm³/mol. The van der Waals surface area contributed by atoms with Crippen LogP contribution in [0.25, 0.3) is 0 Å². The zero-order valence-corrected chi connectivity index (χ0v) is 12.0. The number of likely N-dealkylation sites (N-methyl/N-ethyl adjacent to an activating group) is 1. The van der Waals surface area contributed by atoms with Crippen molar-refractivity contribution in [2.24, 2.45) is 5.92 Å². The van der Waals surface area contributed by atoms with Crippen LogP contribution in [0.5, 0.6) is 5.88 Å². The zero-order chi connectivity index (χ0) is 16.3. The summed E-state index contributed by atoms with van der Waals surface area (Å²) in [6, 6.07) is 4.04. The molecule has 0 saturated heterocycles. The van der Waals surface area contributed by atoms with Crippen LogP contribution in [0.3, 0.4) is 0 Å². The first kappa shape index (κ1) is 16.5. The third-order valence-corrected chi connectivity index (χ3v) is 3.30. The lowest BCUT2D eigenvalue weighted by Crippen LogP contribution is -2.35. The van der Waals surface area contributed by atoms with Gasteiger partial charge in [0.25, 0.3) is 5.91 Å². The summed E-state index contributed by atoms with van der Waals surface area (Å²) in [6.45, 7) is -1.30. The van der Waals surface area contributed by atoms with Crippen molar-refractivity contribution in [1.82, 2.24) is 9.88 Å². The lowest BCUT2D eigenvalue weighted by Gasteiger charge is -2.20. The lowest BCUT2D eigenvalue weighted by molar-refractivity contribution is -0.154. The number of rotatable bonds is 6. The van der Waals surface area contributed by atoms with E-state index in [0.717, 1.165) is 12.8 Å². The monoisotopic (exact) mass is 318 g/mol. The quantitative estimate of drug-likeness (QED) is 0.870. The number of alkyl halides is 3. The van der Waals surface area contributed by atoms with E-state index in [1.165, 1.54) is 30.1 Å². The Bertz CT molecular complexity index is 532. The number of pyridine rings is 1. The first-order valence-electron chi connectivity index (χ1n) is 6.86. The van der Waals surface area contributed by atoms with Crippen molar-refractivity contribution >= 4 is 5.91 Å². The standard InChI is InChI=1S/C14H17F3N2O3/c1-19(7-11(20)9-5-6-9)13(21)10-3-2-4-12(18-10)22-8-14(15,16)17/h2-4,9,11,20H,5-8H2,1H3. The number of amides is 1. The smallest absolute Gasteiger partial charge is 0.422 e. The van der Waals surface area contributed by atoms with E-state index in [2.05, 4.69) is 9.72 Å². The molecule has 1 heterocycles. The van der Waals surface area contributed by atoms with Crippen molar-refractivity contribution in [3.05, 3.63) is 23.9 Å². The molecule has 1 aromatic rings. The zero-order valence-electron chi connectivity index (χ0n) is 12.0. The highest BCUT2D eigenvalue weighted by Gasteiger charge is 2.31. The Morgan fingerprint density at radius 2 is 2.18 bits per heavy atom. The summed E-state index contributed by atoms with van der Waals surface area (Å²) in [5.74, 6) is -0.513. The minimum Gasteiger partial charge on any atom is -0.468 e. The number of carbonyl (C=O) groups is 1. The Hall–Kier alpha value is -1.83. The van der Waals surface area contributed by atoms with Crippen molar-refractivity contribution in [1.29, 1.82) is 0 Å². The van der Waals surface area contributed by atoms with Gasteiger partial charge in [0.2, 0.25) is 5.88 Å². The van der Waals surface area contributed by atoms with Gasteiger partial charge in [0.05, 0.1) is 6.10 Å². The Morgan fingerprint density at radius 1 is 1.50 bits per heavy atom. The van der Waals surface area contributed by atoms with Crippen LogP contribution in [0.2, 0.25) is 0 Å². The molecule has 0 aliphatic heterocycles. The van der Waals surface area contributed by atoms with Gasteiger partial charge in [-0.15, -0.1) is 0 Å². The molecule has 1 atom stereocenters. The number of hydrogen-bond acceptors (Lipinski definition) is 4. The van der Waals surface area contributed by atoms with Crippen LogP contribution in [0.4, 0.5) is 13.2 Å². The third-order valence-electron chi connectivity index (χ3n) is 3.30. The van der Waals surface area contributed by atoms with Crippen LogP contribution >= 0.6 is 0 Å². The molecule has 1 fully saturated rings. The summed E-state index contributed by atoms with van der Waals surface area (Å²) in [6.07, 6.45) is -3.16. The topological polar surface area (TPSA) is 62.7 Å². The number of hydrogen-bond donors (Lipinski definition) is 1. The molecule has 1 unspecified atom stereocenters. The summed E-state index contributed by atoms with van der Waals surface area (Å²) in [5, 5.41) is 9.82. The number of carbonyl (C=O) groups excluding carboxylic acids is 1. The Balaban J connectivity index is 1.96. The van der Waals surface area contributed by atoms with Crippen LogP contribution in [-0.4, -0.2) is 53.4 Å². The molecule has 1 aliphatic carbocycles. The van der Waals surface area contributed by atoms with Crippen LogP contribution in [0.15, 0.2) is 18.2 Å². The second-order valence-electron chi connectivity index (χ2n) is 5.36. The SMILES string of the molecule is CN(CC(O)C1CC1)C(=O)c1cccc(OCC(F)(F)F)n1. The summed E-state index contributed by atoms with van der Waals surface area (Å²) < 4.78 is 40.8. The van der Waals surface area contributed by atoms with E-state index < -0.39 is 24.8 Å². The van der Waals surface area contributed by atoms with Gasteiger partial charge in [-0.3, -0.25) is 4.79 Å². The summed E-state index contributed by atoms with van der Waals surface area (Å²) in [4.78, 5) is 17.2. The highest BCUT2D eigenvalue weighted by atomic mass is 19.4. The van der Waals surface area contributed by atoms with Crippen molar-refractivity contribution in [2.45, 2.75) is 25.1 Å². The summed E-state index contributed by atoms with van der Waals surface area (Å²) in [5.41, 5.74) is -0.0230. The van der Waals surface area contributed by atoms with Crippen molar-refractivity contribution < 1.29 is 27.8 Å². The lowest BCUT2D eigenvalue weighted by atomic mass is 10.2. The van der Waals surface area contributed by atoms with Crippen molar-refractivity contribution in [3.63, 3.8) is 0 Å². The molecule has 2 rings (SSSR count). The van der Waals surface area contributed by atoms with Gasteiger partial charge in [0.15, 0.2) is 6.61 Å². The second kappa shape index (κ2) is 6.51. The van der Waals surface area contributed by atoms with E-state index in [1.54, 1.807) is 0 Å². The first-order valence-corrected chi connectivity index (χ1v) is 6.86. The average molecular weight is 318 g/mol. The van der Waals surface area contributed by atoms with Gasteiger partial charge >= 0.3 is 6.18 Å². The fraction of sp³-hybridized carbons (Fsp3) is 0.571. The summed E-state index contributed by atoms with van der Waals surface area (Å²) >= 11 is 0. The van der Waals surface area contributed by atoms with Crippen LogP contribution in [0, 0.1) is 5.92 Å². The molecule has 1 saturated carbocycles. The number of aliphatic hydroxyl groups is 1. The molecule has 5 nitrogen and oxygen atoms in total. The molecule has 0 spiro atoms. The molecule has 0 aromatic carbocycles. The molecule has 8 heteroatoms. The maximum absolute atomic E-state index is 12.2. The van der Waals surface area contributed by atoms with Gasteiger partial charge in [0.1, 0.15) is 5.69 Å². The number of ether oxygens (including phenoxy) is 1. The molecule has 0 radical (unpaired) electrons. The number of halogens is 3. The highest BCUT2D eigenvalue weighted by molar-refractivity contribution is 5.92. The van der Waals surface area contributed by atoms with Gasteiger partial charge in [0, 0.05) is 19.7 Å². The molecular weight excluding hydrogens is 301 g/mol. The fourth-order valence-electron chi connectivity index (χ4n) is 1.96. The van der Waals surface area contributed by atoms with Gasteiger partial charge in [-0.25, -0.2) is 4.98 Å². The largest absolute Gasteiger partial charge is 0.468 e. The van der Waals surface area contributed by atoms with Gasteiger partial charge in [-0.05, 0) is 24.8 Å². The van der Waals surface area contributed by atoms with Crippen LogP contribution < -0.4 is 4.74 Å². The van der Waals surface area contributed by atoms with Crippen LogP contribution in [-0.2, 0) is 0 Å². The third kappa shape index (κ3) is 4.87. The van der Waals surface area contributed by atoms with E-state index in [9.17, 15) is 23.1 Å². The highest BCUT2D eigenvalue weighted by Crippen LogP contribution is 2.32. The van der Waals surface area contributed by atoms with Crippen LogP contribution in [0.1, 0.15) is 23.3 Å². The van der Waals surface area contributed by atoms with Crippen molar-refractivity contribution in [2.75, 3.05) is 20.2 Å². The molecule has 22 heavy (non-hydrogen) atoms. The molecular formula is C14H17F3N2O3. The minimum absolute atomic E-state index is 0.0230. The normalized spacial score (nSPS) is 16.2.